The van der Waals surface area contributed by atoms with Gasteiger partial charge in [-0.15, -0.1) is 0 Å². The van der Waals surface area contributed by atoms with E-state index >= 15 is 0 Å². The van der Waals surface area contributed by atoms with Crippen LogP contribution in [0.15, 0.2) is 374 Å². The van der Waals surface area contributed by atoms with Gasteiger partial charge in [0.25, 0.3) is 0 Å². The number of hydrogen-bond acceptors (Lipinski definition) is 3. The van der Waals surface area contributed by atoms with Crippen LogP contribution in [0, 0.1) is 0 Å². The van der Waals surface area contributed by atoms with Gasteiger partial charge < -0.3 is 27.9 Å². The normalized spacial score (nSPS) is 13.5. The first kappa shape index (κ1) is 71.8. The maximum atomic E-state index is 7.29. The molecule has 0 spiro atoms. The molecule has 6 nitrogen and oxygen atoms in total. The van der Waals surface area contributed by atoms with E-state index in [0.717, 1.165) is 162 Å². The average Bonchev–Trinajstić information content (AvgIpc) is 1.27. The molecule has 0 saturated carbocycles. The molecule has 0 saturated heterocycles. The summed E-state index contributed by atoms with van der Waals surface area (Å²) < 4.78 is 14.9. The number of benzene rings is 17. The Kier molecular flexibility index (Phi) is 16.0. The average molecular weight is 1560 g/mol. The van der Waals surface area contributed by atoms with E-state index in [0.29, 0.717) is 0 Å². The van der Waals surface area contributed by atoms with Gasteiger partial charge >= 0.3 is 0 Å². The molecule has 0 N–H and O–H groups in total. The molecular formula is C115H89N5O. The maximum absolute atomic E-state index is 7.29. The van der Waals surface area contributed by atoms with Crippen LogP contribution in [0.25, 0.3) is 160 Å². The van der Waals surface area contributed by atoms with Gasteiger partial charge in [-0.05, 0) is 181 Å². The van der Waals surface area contributed by atoms with Crippen LogP contribution in [0.4, 0.5) is 34.1 Å². The molecule has 6 heteroatoms. The summed E-state index contributed by atoms with van der Waals surface area (Å²) in [4.78, 5) is 5.42. The van der Waals surface area contributed by atoms with Crippen LogP contribution in [0.5, 0.6) is 0 Å². The topological polar surface area (TPSA) is 34.4 Å². The lowest BCUT2D eigenvalue weighted by Gasteiger charge is -2.46. The minimum absolute atomic E-state index is 0.0924. The van der Waals surface area contributed by atoms with Gasteiger partial charge in [-0.3, -0.25) is 0 Å². The summed E-state index contributed by atoms with van der Waals surface area (Å²) in [5.74, 6) is -0.339. The van der Waals surface area contributed by atoms with Crippen molar-refractivity contribution in [3.8, 4) is 72.7 Å². The summed E-state index contributed by atoms with van der Waals surface area (Å²) in [6.07, 6.45) is 0. The molecule has 0 amide bonds. The molecule has 2 aliphatic heterocycles. The fraction of sp³-hybridized carbons (Fsp3) is 0.113. The first-order chi connectivity index (χ1) is 59.0. The number of nitrogens with zero attached hydrogens (tertiary/aromatic N) is 5. The van der Waals surface area contributed by atoms with E-state index in [1.165, 1.54) is 65.7 Å². The van der Waals surface area contributed by atoms with Crippen LogP contribution in [0.1, 0.15) is 102 Å². The lowest BCUT2D eigenvalue weighted by molar-refractivity contribution is 0.590. The second-order valence-electron chi connectivity index (χ2n) is 36.3. The quantitative estimate of drug-likeness (QED) is 0.137. The summed E-state index contributed by atoms with van der Waals surface area (Å²) in [6.45, 7) is 21.0. The zero-order chi connectivity index (χ0) is 81.5. The van der Waals surface area contributed by atoms with Crippen LogP contribution in [0.3, 0.4) is 0 Å². The molecule has 2 aliphatic rings. The van der Waals surface area contributed by atoms with Crippen molar-refractivity contribution < 1.29 is 4.42 Å². The third-order valence-corrected chi connectivity index (χ3v) is 26.1. The summed E-state index contributed by atoms with van der Waals surface area (Å²) in [7, 11) is 0. The van der Waals surface area contributed by atoms with Gasteiger partial charge in [0.1, 0.15) is 11.2 Å². The van der Waals surface area contributed by atoms with Crippen molar-refractivity contribution in [2.75, 3.05) is 9.80 Å². The molecule has 0 aliphatic carbocycles. The van der Waals surface area contributed by atoms with E-state index in [2.05, 4.69) is 456 Å². The van der Waals surface area contributed by atoms with Gasteiger partial charge in [0.2, 0.25) is 0 Å². The van der Waals surface area contributed by atoms with E-state index < -0.39 is 0 Å². The van der Waals surface area contributed by atoms with Crippen LogP contribution in [-0.2, 0) is 16.2 Å². The highest BCUT2D eigenvalue weighted by Crippen LogP contribution is 2.65. The fourth-order valence-electron chi connectivity index (χ4n) is 20.3. The third kappa shape index (κ3) is 11.2. The van der Waals surface area contributed by atoms with Crippen molar-refractivity contribution in [3.63, 3.8) is 0 Å². The zero-order valence-corrected chi connectivity index (χ0v) is 69.4. The maximum Gasteiger partial charge on any atom is 0.143 e. The number of anilines is 6. The van der Waals surface area contributed by atoms with E-state index in [1.54, 1.807) is 0 Å². The number of aromatic nitrogens is 3. The molecule has 21 aromatic rings. The summed E-state index contributed by atoms with van der Waals surface area (Å²) in [5, 5.41) is 9.42. The zero-order valence-electron chi connectivity index (χ0n) is 69.4. The molecule has 0 radical (unpaired) electrons. The van der Waals surface area contributed by atoms with Crippen LogP contribution in [-0.4, -0.2) is 13.7 Å². The van der Waals surface area contributed by atoms with Crippen molar-refractivity contribution in [1.82, 2.24) is 13.7 Å². The van der Waals surface area contributed by atoms with E-state index in [9.17, 15) is 0 Å². The molecular weight excluding hydrogens is 1470 g/mol. The Morgan fingerprint density at radius 3 is 1.16 bits per heavy atom. The predicted molar refractivity (Wildman–Crippen MR) is 510 cm³/mol. The monoisotopic (exact) mass is 1560 g/mol. The molecule has 17 aromatic carbocycles. The van der Waals surface area contributed by atoms with Gasteiger partial charge in [-0.1, -0.05) is 323 Å². The Labute approximate surface area is 705 Å². The molecule has 121 heavy (non-hydrogen) atoms. The first-order valence-electron chi connectivity index (χ1n) is 42.6. The van der Waals surface area contributed by atoms with Crippen molar-refractivity contribution in [3.05, 3.63) is 403 Å². The standard InChI is InChI=1S/C115H89N5O/c1-113(2,3)75-54-61-99(92(66-75)73-36-17-12-18-37-73)119-103-69-78(116-95-48-24-19-38-82(95)83-39-20-25-49-96(83)116)57-59-90(103)109-91-60-58-79(117-100-62-55-76(114(4,5)6)67-93(100)94-68-77(115(7,8)9)56-63-101(94)117)70-104(91)120(111-80(71-32-13-10-14-33-71)43-29-44-81(111)72-34-15-11-16-35-72)106-65-74(64-105(119)110(106)109)108-87(89-47-30-46-88-86-42-23-28-53-107(86)121-112(88)89)45-31-52-102(108)118-97-50-26-21-40-84(97)85-41-22-27-51-98(85)118/h10-70,109H,1-9H3. The number of furan rings is 1. The van der Waals surface area contributed by atoms with Crippen LogP contribution >= 0.6 is 0 Å². The van der Waals surface area contributed by atoms with E-state index in [-0.39, 0.29) is 22.2 Å². The smallest absolute Gasteiger partial charge is 0.143 e. The summed E-state index contributed by atoms with van der Waals surface area (Å²) in [5.41, 5.74) is 36.0. The van der Waals surface area contributed by atoms with E-state index in [1.807, 2.05) is 0 Å². The lowest BCUT2D eigenvalue weighted by atomic mass is 9.74. The SMILES string of the molecule is CC(C)(C)c1ccc(N2c3cc(-n4c5ccccc5c5ccccc54)ccc3C3c4ccc(-n5c6ccc(C(C)(C)C)cc6c6cc(C(C)(C)C)ccc65)cc4N(c4c(-c5ccccc5)cccc4-c4ccccc4)c4cc(-c5c(-c6cccc7c6oc6ccccc67)cccc5-n5c6ccccc6c6ccccc65)cc2c43)c(-c2ccccc2)c1. The highest BCUT2D eigenvalue weighted by molar-refractivity contribution is 6.16. The second kappa shape index (κ2) is 27.0. The van der Waals surface area contributed by atoms with Gasteiger partial charge in [0, 0.05) is 93.8 Å². The number of hydrogen-bond donors (Lipinski definition) is 0. The fourth-order valence-corrected chi connectivity index (χ4v) is 20.3. The Morgan fingerprint density at radius 1 is 0.240 bits per heavy atom. The number of rotatable bonds is 10. The van der Waals surface area contributed by atoms with Gasteiger partial charge in [-0.2, -0.15) is 0 Å². The predicted octanol–water partition coefficient (Wildman–Crippen LogP) is 31.9. The molecule has 0 bridgehead atoms. The highest BCUT2D eigenvalue weighted by Gasteiger charge is 2.45. The van der Waals surface area contributed by atoms with Crippen molar-refractivity contribution >= 4 is 121 Å². The molecule has 23 rings (SSSR count). The van der Waals surface area contributed by atoms with Gasteiger partial charge in [0.15, 0.2) is 0 Å². The molecule has 0 fully saturated rings. The van der Waals surface area contributed by atoms with Crippen molar-refractivity contribution in [2.24, 2.45) is 0 Å². The van der Waals surface area contributed by atoms with Gasteiger partial charge in [0.05, 0.1) is 72.9 Å². The largest absolute Gasteiger partial charge is 0.455 e. The third-order valence-electron chi connectivity index (χ3n) is 26.1. The molecule has 580 valence electrons. The van der Waals surface area contributed by atoms with Crippen molar-refractivity contribution in [1.29, 1.82) is 0 Å². The van der Waals surface area contributed by atoms with Crippen molar-refractivity contribution in [2.45, 2.75) is 84.5 Å². The van der Waals surface area contributed by atoms with Crippen LogP contribution < -0.4 is 9.80 Å². The molecule has 1 atom stereocenters. The second-order valence-corrected chi connectivity index (χ2v) is 36.3. The Balaban J connectivity index is 0.926. The lowest BCUT2D eigenvalue weighted by Crippen LogP contribution is -2.30. The number of para-hydroxylation sites is 7. The first-order valence-corrected chi connectivity index (χ1v) is 42.6. The van der Waals surface area contributed by atoms with Gasteiger partial charge in [-0.25, -0.2) is 0 Å². The van der Waals surface area contributed by atoms with E-state index in [4.69, 9.17) is 4.42 Å². The number of fused-ring (bicyclic) bond motifs is 16. The van der Waals surface area contributed by atoms with Crippen LogP contribution in [0.2, 0.25) is 0 Å². The minimum atomic E-state index is -0.339. The Morgan fingerprint density at radius 2 is 0.636 bits per heavy atom. The Hall–Kier alpha value is -14.5. The molecule has 6 heterocycles. The highest BCUT2D eigenvalue weighted by atomic mass is 16.3. The summed E-state index contributed by atoms with van der Waals surface area (Å²) >= 11 is 0. The minimum Gasteiger partial charge on any atom is -0.455 e. The molecule has 4 aromatic heterocycles. The Bertz CT molecular complexity index is 7610. The summed E-state index contributed by atoms with van der Waals surface area (Å²) in [6, 6.07) is 140. The molecule has 1 unspecified atom stereocenters.